The highest BCUT2D eigenvalue weighted by atomic mass is 35.5. The average Bonchev–Trinajstić information content (AvgIpc) is 2.93. The van der Waals surface area contributed by atoms with Gasteiger partial charge in [0.1, 0.15) is 10.9 Å². The Morgan fingerprint density at radius 1 is 1.00 bits per heavy atom. The van der Waals surface area contributed by atoms with Gasteiger partial charge in [0.05, 0.1) is 7.11 Å². The van der Waals surface area contributed by atoms with E-state index in [-0.39, 0.29) is 41.3 Å². The Balaban J connectivity index is 1.25. The number of Topliss-reactive ketones (excluding diaryl/α,β-unsaturated/α-hetero) is 1. The Kier molecular flexibility index (Phi) is 8.50. The number of methoxy groups -OCH3 is 1. The Morgan fingerprint density at radius 3 is 2.32 bits per heavy atom. The smallest absolute Gasteiger partial charge is 0.275 e. The van der Waals surface area contributed by atoms with E-state index >= 15 is 0 Å². The van der Waals surface area contributed by atoms with Crippen molar-refractivity contribution in [3.63, 3.8) is 0 Å². The molecule has 192 valence electrons. The van der Waals surface area contributed by atoms with Crippen LogP contribution in [-0.2, 0) is 4.79 Å². The van der Waals surface area contributed by atoms with Gasteiger partial charge in [0.25, 0.3) is 5.91 Å². The van der Waals surface area contributed by atoms with E-state index in [4.69, 9.17) is 16.3 Å². The third-order valence-electron chi connectivity index (χ3n) is 6.45. The van der Waals surface area contributed by atoms with Gasteiger partial charge < -0.3 is 15.0 Å². The van der Waals surface area contributed by atoms with Gasteiger partial charge >= 0.3 is 0 Å². The lowest BCUT2D eigenvalue weighted by Crippen LogP contribution is -2.38. The van der Waals surface area contributed by atoms with Crippen LogP contribution in [-0.4, -0.2) is 47.7 Å². The van der Waals surface area contributed by atoms with Gasteiger partial charge in [0.15, 0.2) is 17.3 Å². The second kappa shape index (κ2) is 12.0. The Bertz CT molecular complexity index is 1270. The zero-order valence-corrected chi connectivity index (χ0v) is 21.1. The van der Waals surface area contributed by atoms with E-state index in [0.29, 0.717) is 30.1 Å². The molecule has 2 aromatic carbocycles. The molecule has 0 atom stereocenters. The second-order valence-electron chi connectivity index (χ2n) is 8.85. The number of rotatable bonds is 8. The minimum absolute atomic E-state index is 0.0793. The zero-order valence-electron chi connectivity index (χ0n) is 20.4. The molecule has 3 aromatic rings. The molecule has 0 radical (unpaired) electrons. The molecule has 9 heteroatoms. The van der Waals surface area contributed by atoms with E-state index in [1.54, 1.807) is 36.3 Å². The highest BCUT2D eigenvalue weighted by molar-refractivity contribution is 6.29. The number of carbonyl (C=O) groups is 3. The maximum atomic E-state index is 14.0. The number of hydrogen-bond donors (Lipinski definition) is 1. The number of ketones is 1. The molecular formula is C28H27ClFN3O4. The van der Waals surface area contributed by atoms with Crippen LogP contribution in [0.2, 0.25) is 5.15 Å². The lowest BCUT2D eigenvalue weighted by molar-refractivity contribution is -0.116. The van der Waals surface area contributed by atoms with Crippen LogP contribution in [0.15, 0.2) is 60.7 Å². The third-order valence-corrected chi connectivity index (χ3v) is 6.66. The first-order valence-corrected chi connectivity index (χ1v) is 12.4. The summed E-state index contributed by atoms with van der Waals surface area (Å²) in [6.45, 7) is 0.968. The van der Waals surface area contributed by atoms with Crippen LogP contribution in [0.4, 0.5) is 10.1 Å². The minimum atomic E-state index is -0.681. The average molecular weight is 524 g/mol. The topological polar surface area (TPSA) is 88.6 Å². The molecule has 1 aliphatic heterocycles. The van der Waals surface area contributed by atoms with Gasteiger partial charge in [-0.05, 0) is 72.9 Å². The molecule has 0 aliphatic carbocycles. The van der Waals surface area contributed by atoms with Crippen molar-refractivity contribution in [3.05, 3.63) is 88.5 Å². The third kappa shape index (κ3) is 6.71. The summed E-state index contributed by atoms with van der Waals surface area (Å²) in [6, 6.07) is 16.8. The predicted octanol–water partition coefficient (Wildman–Crippen LogP) is 5.50. The number of nitrogens with zero attached hydrogens (tertiary/aromatic N) is 2. The highest BCUT2D eigenvalue weighted by Crippen LogP contribution is 2.30. The van der Waals surface area contributed by atoms with Crippen molar-refractivity contribution < 1.29 is 23.5 Å². The Morgan fingerprint density at radius 2 is 1.68 bits per heavy atom. The van der Waals surface area contributed by atoms with Gasteiger partial charge in [-0.1, -0.05) is 23.7 Å². The van der Waals surface area contributed by atoms with E-state index in [2.05, 4.69) is 10.3 Å². The molecule has 2 heterocycles. The summed E-state index contributed by atoms with van der Waals surface area (Å²) in [5.41, 5.74) is 2.05. The number of anilines is 1. The van der Waals surface area contributed by atoms with Crippen LogP contribution in [0, 0.1) is 5.82 Å². The fourth-order valence-electron chi connectivity index (χ4n) is 4.34. The summed E-state index contributed by atoms with van der Waals surface area (Å²) in [6.07, 6.45) is 1.66. The lowest BCUT2D eigenvalue weighted by Gasteiger charge is -2.32. The van der Waals surface area contributed by atoms with Crippen molar-refractivity contribution in [1.29, 1.82) is 0 Å². The number of halogens is 2. The molecule has 1 aromatic heterocycles. The largest absolute Gasteiger partial charge is 0.497 e. The summed E-state index contributed by atoms with van der Waals surface area (Å²) in [4.78, 5) is 42.8. The summed E-state index contributed by atoms with van der Waals surface area (Å²) >= 11 is 5.82. The fourth-order valence-corrected chi connectivity index (χ4v) is 4.49. The molecule has 1 fully saturated rings. The highest BCUT2D eigenvalue weighted by Gasteiger charge is 2.27. The van der Waals surface area contributed by atoms with Gasteiger partial charge in [-0.3, -0.25) is 14.4 Å². The van der Waals surface area contributed by atoms with E-state index < -0.39 is 11.7 Å². The summed E-state index contributed by atoms with van der Waals surface area (Å²) in [5, 5.41) is 2.91. The van der Waals surface area contributed by atoms with Crippen molar-refractivity contribution in [1.82, 2.24) is 9.88 Å². The molecule has 0 bridgehead atoms. The first-order valence-electron chi connectivity index (χ1n) is 12.0. The fraction of sp³-hybridized carbons (Fsp3) is 0.286. The summed E-state index contributed by atoms with van der Waals surface area (Å²) < 4.78 is 19.1. The quantitative estimate of drug-likeness (QED) is 0.311. The molecule has 1 saturated heterocycles. The first kappa shape index (κ1) is 26.3. The first-order chi connectivity index (χ1) is 17.8. The van der Waals surface area contributed by atoms with Gasteiger partial charge in [-0.25, -0.2) is 9.37 Å². The molecule has 37 heavy (non-hydrogen) atoms. The number of likely N-dealkylation sites (tertiary alicyclic amines) is 1. The molecule has 0 unspecified atom stereocenters. The normalized spacial score (nSPS) is 13.8. The molecule has 1 aliphatic rings. The van der Waals surface area contributed by atoms with Crippen LogP contribution in [0.3, 0.4) is 0 Å². The van der Waals surface area contributed by atoms with E-state index in [9.17, 15) is 18.8 Å². The van der Waals surface area contributed by atoms with Crippen molar-refractivity contribution in [2.24, 2.45) is 0 Å². The van der Waals surface area contributed by atoms with Crippen LogP contribution >= 0.6 is 11.6 Å². The maximum absolute atomic E-state index is 14.0. The van der Waals surface area contributed by atoms with Gasteiger partial charge in [-0.2, -0.15) is 0 Å². The maximum Gasteiger partial charge on any atom is 0.275 e. The van der Waals surface area contributed by atoms with Gasteiger partial charge in [0.2, 0.25) is 5.91 Å². The van der Waals surface area contributed by atoms with Crippen molar-refractivity contribution >= 4 is 34.9 Å². The number of carbonyl (C=O) groups excluding carboxylic acids is 3. The predicted molar refractivity (Wildman–Crippen MR) is 139 cm³/mol. The minimum Gasteiger partial charge on any atom is -0.497 e. The molecule has 0 saturated carbocycles. The number of pyridine rings is 1. The van der Waals surface area contributed by atoms with Crippen LogP contribution in [0.1, 0.15) is 58.0 Å². The Hall–Kier alpha value is -3.78. The number of amides is 2. The van der Waals surface area contributed by atoms with Gasteiger partial charge in [-0.15, -0.1) is 0 Å². The molecule has 4 rings (SSSR count). The molecule has 0 spiro atoms. The zero-order chi connectivity index (χ0) is 26.4. The van der Waals surface area contributed by atoms with Crippen molar-refractivity contribution in [3.8, 4) is 5.75 Å². The number of aromatic nitrogens is 1. The number of hydrogen-bond acceptors (Lipinski definition) is 5. The van der Waals surface area contributed by atoms with Crippen LogP contribution in [0.5, 0.6) is 5.75 Å². The second-order valence-corrected chi connectivity index (χ2v) is 9.24. The summed E-state index contributed by atoms with van der Waals surface area (Å²) in [5.74, 6) is -0.563. The van der Waals surface area contributed by atoms with Gasteiger partial charge in [0, 0.05) is 37.2 Å². The summed E-state index contributed by atoms with van der Waals surface area (Å²) in [7, 11) is 1.56. The van der Waals surface area contributed by atoms with Crippen LogP contribution in [0.25, 0.3) is 0 Å². The number of ether oxygens (including phenoxy) is 1. The molecular weight excluding hydrogens is 497 g/mol. The van der Waals surface area contributed by atoms with Crippen LogP contribution < -0.4 is 10.1 Å². The van der Waals surface area contributed by atoms with E-state index in [0.717, 1.165) is 24.5 Å². The van der Waals surface area contributed by atoms with Crippen molar-refractivity contribution in [2.75, 3.05) is 25.5 Å². The lowest BCUT2D eigenvalue weighted by atomic mass is 9.89. The number of piperidine rings is 1. The van der Waals surface area contributed by atoms with E-state index in [1.165, 1.54) is 6.07 Å². The molecule has 7 nitrogen and oxygen atoms in total. The monoisotopic (exact) mass is 523 g/mol. The molecule has 2 amide bonds. The Labute approximate surface area is 219 Å². The number of nitrogens with one attached hydrogen (secondary N) is 1. The van der Waals surface area contributed by atoms with Crippen molar-refractivity contribution in [2.45, 2.75) is 31.6 Å². The SMILES string of the molecule is COc1ccc(C(=O)CCC(=O)Nc2ccc(C3CCN(C(=O)c4nc(Cl)ccc4F)CC3)cc2)cc1. The standard InChI is InChI=1S/C28H27ClFN3O4/c1-37-22-8-4-20(5-9-22)24(34)11-13-26(35)31-21-6-2-18(3-7-21)19-14-16-33(17-15-19)28(36)27-23(30)10-12-25(29)32-27/h2-10,12,19H,11,13-17H2,1H3,(H,31,35). The number of benzene rings is 2. The van der Waals surface area contributed by atoms with E-state index in [1.807, 2.05) is 24.3 Å². The molecule has 1 N–H and O–H groups in total.